The molecule has 2 amide bonds. The fraction of sp³-hybridized carbons (Fsp3) is 0.833. The van der Waals surface area contributed by atoms with Gasteiger partial charge in [-0.15, -0.1) is 0 Å². The van der Waals surface area contributed by atoms with Gasteiger partial charge in [-0.1, -0.05) is 26.7 Å². The summed E-state index contributed by atoms with van der Waals surface area (Å²) in [6.07, 6.45) is 3.20. The van der Waals surface area contributed by atoms with Crippen molar-refractivity contribution < 1.29 is 19.1 Å². The summed E-state index contributed by atoms with van der Waals surface area (Å²) in [5.74, 6) is 0.188. The van der Waals surface area contributed by atoms with E-state index in [1.165, 1.54) is 0 Å². The Bertz CT molecular complexity index is 525. The molecule has 3 atom stereocenters. The molecule has 0 unspecified atom stereocenters. The van der Waals surface area contributed by atoms with Crippen LogP contribution in [-0.4, -0.2) is 48.2 Å². The molecule has 0 radical (unpaired) electrons. The monoisotopic (exact) mass is 353 g/mol. The summed E-state index contributed by atoms with van der Waals surface area (Å²) in [6.45, 7) is 10.0. The lowest BCUT2D eigenvalue weighted by Gasteiger charge is -2.33. The Hall–Kier alpha value is -1.79. The third-order valence-corrected chi connectivity index (χ3v) is 4.42. The molecule has 7 heteroatoms. The van der Waals surface area contributed by atoms with Crippen molar-refractivity contribution in [2.75, 3.05) is 6.61 Å². The third kappa shape index (κ3) is 5.90. The fourth-order valence-electron chi connectivity index (χ4n) is 3.02. The molecule has 0 aromatic heterocycles. The van der Waals surface area contributed by atoms with Gasteiger partial charge in [0.1, 0.15) is 12.2 Å². The zero-order chi connectivity index (χ0) is 18.6. The molecule has 0 saturated heterocycles. The first-order chi connectivity index (χ1) is 11.7. The van der Waals surface area contributed by atoms with Gasteiger partial charge >= 0.3 is 12.0 Å². The second-order valence-corrected chi connectivity index (χ2v) is 8.17. The van der Waals surface area contributed by atoms with Crippen LogP contribution < -0.4 is 10.6 Å². The van der Waals surface area contributed by atoms with Crippen molar-refractivity contribution in [3.8, 4) is 0 Å². The van der Waals surface area contributed by atoms with Gasteiger partial charge in [-0.05, 0) is 39.5 Å². The van der Waals surface area contributed by atoms with Gasteiger partial charge in [0, 0.05) is 6.04 Å². The molecule has 1 fully saturated rings. The fourth-order valence-corrected chi connectivity index (χ4v) is 3.02. The van der Waals surface area contributed by atoms with Crippen molar-refractivity contribution in [1.29, 1.82) is 0 Å². The van der Waals surface area contributed by atoms with Crippen molar-refractivity contribution in [3.05, 3.63) is 0 Å². The second-order valence-electron chi connectivity index (χ2n) is 8.17. The Balaban J connectivity index is 1.93. The highest BCUT2D eigenvalue weighted by Crippen LogP contribution is 2.20. The van der Waals surface area contributed by atoms with Gasteiger partial charge in [-0.3, -0.25) is 4.79 Å². The maximum absolute atomic E-state index is 12.4. The highest BCUT2D eigenvalue weighted by Gasteiger charge is 2.32. The molecule has 0 aromatic rings. The van der Waals surface area contributed by atoms with Gasteiger partial charge < -0.3 is 20.1 Å². The summed E-state index contributed by atoms with van der Waals surface area (Å²) in [5, 5.41) is 5.87. The minimum Gasteiger partial charge on any atom is -0.472 e. The summed E-state index contributed by atoms with van der Waals surface area (Å²) in [5.41, 5.74) is -0.546. The van der Waals surface area contributed by atoms with Crippen LogP contribution in [0.5, 0.6) is 0 Å². The standard InChI is InChI=1S/C18H31N3O4/c1-11(2)14-10-24-16(20-14)15(22)19-12-8-6-7-9-13(12)21-17(23)25-18(3,4)5/h11-14H,6-10H2,1-5H3,(H,19,22)(H,21,23)/t12-,13-,14-/m0/s1. The van der Waals surface area contributed by atoms with Crippen LogP contribution >= 0.6 is 0 Å². The zero-order valence-corrected chi connectivity index (χ0v) is 15.9. The molecule has 0 aromatic carbocycles. The number of rotatable bonds is 4. The smallest absolute Gasteiger partial charge is 0.407 e. The van der Waals surface area contributed by atoms with E-state index in [1.54, 1.807) is 0 Å². The molecule has 25 heavy (non-hydrogen) atoms. The topological polar surface area (TPSA) is 89.0 Å². The summed E-state index contributed by atoms with van der Waals surface area (Å²) >= 11 is 0. The molecule has 0 bridgehead atoms. The maximum Gasteiger partial charge on any atom is 0.407 e. The van der Waals surface area contributed by atoms with E-state index >= 15 is 0 Å². The predicted molar refractivity (Wildman–Crippen MR) is 95.6 cm³/mol. The number of carbonyl (C=O) groups excluding carboxylic acids is 2. The molecule has 2 rings (SSSR count). The van der Waals surface area contributed by atoms with Crippen LogP contribution in [0.2, 0.25) is 0 Å². The molecule has 2 N–H and O–H groups in total. The molecule has 1 aliphatic carbocycles. The highest BCUT2D eigenvalue weighted by atomic mass is 16.6. The van der Waals surface area contributed by atoms with E-state index < -0.39 is 11.7 Å². The first kappa shape index (κ1) is 19.5. The Morgan fingerprint density at radius 1 is 1.16 bits per heavy atom. The summed E-state index contributed by atoms with van der Waals surface area (Å²) in [6, 6.07) is -0.253. The van der Waals surface area contributed by atoms with Crippen LogP contribution in [0.1, 0.15) is 60.3 Å². The van der Waals surface area contributed by atoms with Gasteiger partial charge in [0.15, 0.2) is 0 Å². The summed E-state index contributed by atoms with van der Waals surface area (Å²) in [7, 11) is 0. The zero-order valence-electron chi connectivity index (χ0n) is 15.9. The molecular weight excluding hydrogens is 322 g/mol. The molecule has 1 aliphatic heterocycles. The first-order valence-electron chi connectivity index (χ1n) is 9.16. The van der Waals surface area contributed by atoms with E-state index in [0.29, 0.717) is 12.5 Å². The molecule has 0 spiro atoms. The predicted octanol–water partition coefficient (Wildman–Crippen LogP) is 2.39. The molecule has 142 valence electrons. The number of nitrogens with one attached hydrogen (secondary N) is 2. The largest absolute Gasteiger partial charge is 0.472 e. The van der Waals surface area contributed by atoms with E-state index in [9.17, 15) is 9.59 Å². The van der Waals surface area contributed by atoms with Gasteiger partial charge in [-0.25, -0.2) is 9.79 Å². The van der Waals surface area contributed by atoms with E-state index in [-0.39, 0.29) is 29.9 Å². The van der Waals surface area contributed by atoms with Crippen molar-refractivity contribution >= 4 is 17.9 Å². The number of amides is 2. The SMILES string of the molecule is CC(C)[C@@H]1COC(C(=O)N[C@H]2CCCC[C@@H]2NC(=O)OC(C)(C)C)=N1. The van der Waals surface area contributed by atoms with Crippen LogP contribution in [0, 0.1) is 5.92 Å². The Kier molecular flexibility index (Phi) is 6.30. The molecule has 2 aliphatic rings. The van der Waals surface area contributed by atoms with Crippen LogP contribution in [0.15, 0.2) is 4.99 Å². The lowest BCUT2D eigenvalue weighted by Crippen LogP contribution is -2.55. The van der Waals surface area contributed by atoms with Crippen molar-refractivity contribution in [1.82, 2.24) is 10.6 Å². The van der Waals surface area contributed by atoms with E-state index in [0.717, 1.165) is 25.7 Å². The summed E-state index contributed by atoms with van der Waals surface area (Å²) < 4.78 is 10.8. The number of alkyl carbamates (subject to hydrolysis) is 1. The van der Waals surface area contributed by atoms with Crippen molar-refractivity contribution in [2.45, 2.75) is 84.0 Å². The number of carbonyl (C=O) groups is 2. The lowest BCUT2D eigenvalue weighted by atomic mass is 9.90. The van der Waals surface area contributed by atoms with Crippen LogP contribution in [0.25, 0.3) is 0 Å². The van der Waals surface area contributed by atoms with Gasteiger partial charge in [-0.2, -0.15) is 0 Å². The quantitative estimate of drug-likeness (QED) is 0.812. The molecular formula is C18H31N3O4. The highest BCUT2D eigenvalue weighted by molar-refractivity contribution is 6.35. The lowest BCUT2D eigenvalue weighted by molar-refractivity contribution is -0.117. The number of hydrogen-bond acceptors (Lipinski definition) is 5. The number of aliphatic imine (C=N–C) groups is 1. The van der Waals surface area contributed by atoms with Crippen LogP contribution in [0.4, 0.5) is 4.79 Å². The minimum atomic E-state index is -0.546. The molecule has 7 nitrogen and oxygen atoms in total. The van der Waals surface area contributed by atoms with E-state index in [2.05, 4.69) is 29.5 Å². The Morgan fingerprint density at radius 2 is 1.76 bits per heavy atom. The number of nitrogens with zero attached hydrogens (tertiary/aromatic N) is 1. The maximum atomic E-state index is 12.4. The Morgan fingerprint density at radius 3 is 2.28 bits per heavy atom. The van der Waals surface area contributed by atoms with Gasteiger partial charge in [0.05, 0.1) is 12.1 Å². The molecule has 1 saturated carbocycles. The van der Waals surface area contributed by atoms with E-state index in [4.69, 9.17) is 9.47 Å². The molecule has 1 heterocycles. The minimum absolute atomic E-state index is 0.0304. The Labute approximate surface area is 149 Å². The van der Waals surface area contributed by atoms with Crippen LogP contribution in [0.3, 0.4) is 0 Å². The van der Waals surface area contributed by atoms with Crippen molar-refractivity contribution in [3.63, 3.8) is 0 Å². The van der Waals surface area contributed by atoms with Gasteiger partial charge in [0.2, 0.25) is 0 Å². The van der Waals surface area contributed by atoms with Crippen molar-refractivity contribution in [2.24, 2.45) is 10.9 Å². The average molecular weight is 353 g/mol. The third-order valence-electron chi connectivity index (χ3n) is 4.42. The van der Waals surface area contributed by atoms with Crippen LogP contribution in [-0.2, 0) is 14.3 Å². The summed E-state index contributed by atoms with van der Waals surface area (Å²) in [4.78, 5) is 28.8. The van der Waals surface area contributed by atoms with Gasteiger partial charge in [0.25, 0.3) is 5.90 Å². The average Bonchev–Trinajstić information content (AvgIpc) is 2.97. The number of ether oxygens (including phenoxy) is 2. The first-order valence-corrected chi connectivity index (χ1v) is 9.16. The van der Waals surface area contributed by atoms with E-state index in [1.807, 2.05) is 20.8 Å². The normalized spacial score (nSPS) is 26.6. The number of hydrogen-bond donors (Lipinski definition) is 2. The second kappa shape index (κ2) is 8.06.